The van der Waals surface area contributed by atoms with Crippen LogP contribution in [0.3, 0.4) is 0 Å². The van der Waals surface area contributed by atoms with Crippen LogP contribution in [0.25, 0.3) is 0 Å². The summed E-state index contributed by atoms with van der Waals surface area (Å²) < 4.78 is 28.4. The first kappa shape index (κ1) is 18.4. The minimum absolute atomic E-state index is 0.00120. The number of carbonyl (C=O) groups excluding carboxylic acids is 2. The average molecular weight is 351 g/mol. The molecule has 0 saturated heterocycles. The van der Waals surface area contributed by atoms with Crippen LogP contribution in [0.15, 0.2) is 34.9 Å². The third-order valence-corrected chi connectivity index (χ3v) is 3.24. The molecule has 0 radical (unpaired) electrons. The van der Waals surface area contributed by atoms with E-state index >= 15 is 0 Å². The number of benzene rings is 1. The van der Waals surface area contributed by atoms with E-state index in [1.807, 2.05) is 0 Å². The van der Waals surface area contributed by atoms with Crippen LogP contribution < -0.4 is 5.32 Å². The molecule has 0 fully saturated rings. The molecule has 0 unspecified atom stereocenters. The van der Waals surface area contributed by atoms with Crippen LogP contribution in [0.4, 0.5) is 14.9 Å². The summed E-state index contributed by atoms with van der Waals surface area (Å²) >= 11 is 0. The topological polar surface area (TPSA) is 93.9 Å². The van der Waals surface area contributed by atoms with E-state index in [1.165, 1.54) is 37.3 Å². The van der Waals surface area contributed by atoms with Gasteiger partial charge in [-0.15, -0.1) is 0 Å². The SMILES string of the molecule is COCCN(Cc1nc(C(=O)OC)co1)C(=O)Nc1ccccc1F. The highest BCUT2D eigenvalue weighted by Crippen LogP contribution is 2.14. The van der Waals surface area contributed by atoms with E-state index in [9.17, 15) is 14.0 Å². The number of esters is 1. The molecule has 25 heavy (non-hydrogen) atoms. The molecule has 0 saturated carbocycles. The highest BCUT2D eigenvalue weighted by Gasteiger charge is 2.19. The zero-order valence-corrected chi connectivity index (χ0v) is 13.8. The molecule has 0 spiro atoms. The van der Waals surface area contributed by atoms with Crippen molar-refractivity contribution < 1.29 is 27.9 Å². The second-order valence-corrected chi connectivity index (χ2v) is 4.94. The average Bonchev–Trinajstić information content (AvgIpc) is 3.08. The van der Waals surface area contributed by atoms with Crippen LogP contribution in [-0.4, -0.2) is 49.3 Å². The number of halogens is 1. The molecular formula is C16H18FN3O5. The maximum absolute atomic E-state index is 13.7. The smallest absolute Gasteiger partial charge is 0.360 e. The lowest BCUT2D eigenvalue weighted by molar-refractivity contribution is 0.0594. The van der Waals surface area contributed by atoms with Gasteiger partial charge in [-0.25, -0.2) is 19.0 Å². The van der Waals surface area contributed by atoms with E-state index in [1.54, 1.807) is 6.07 Å². The summed E-state index contributed by atoms with van der Waals surface area (Å²) in [6.07, 6.45) is 1.14. The molecule has 2 amide bonds. The van der Waals surface area contributed by atoms with Gasteiger partial charge >= 0.3 is 12.0 Å². The molecule has 9 heteroatoms. The van der Waals surface area contributed by atoms with Crippen LogP contribution >= 0.6 is 0 Å². The van der Waals surface area contributed by atoms with E-state index < -0.39 is 17.8 Å². The summed E-state index contributed by atoms with van der Waals surface area (Å²) in [5.74, 6) is -1.05. The molecule has 1 aromatic heterocycles. The number of para-hydroxylation sites is 1. The number of ether oxygens (including phenoxy) is 2. The lowest BCUT2D eigenvalue weighted by Crippen LogP contribution is -2.37. The molecule has 0 aliphatic rings. The normalized spacial score (nSPS) is 10.4. The number of rotatable bonds is 7. The largest absolute Gasteiger partial charge is 0.464 e. The number of aromatic nitrogens is 1. The maximum atomic E-state index is 13.7. The fraction of sp³-hybridized carbons (Fsp3) is 0.312. The van der Waals surface area contributed by atoms with E-state index in [2.05, 4.69) is 15.0 Å². The third-order valence-electron chi connectivity index (χ3n) is 3.24. The van der Waals surface area contributed by atoms with Crippen LogP contribution in [0.2, 0.25) is 0 Å². The first-order valence-electron chi connectivity index (χ1n) is 7.37. The Morgan fingerprint density at radius 1 is 1.32 bits per heavy atom. The number of nitrogens with zero attached hydrogens (tertiary/aromatic N) is 2. The van der Waals surface area contributed by atoms with Crippen molar-refractivity contribution in [3.63, 3.8) is 0 Å². The summed E-state index contributed by atoms with van der Waals surface area (Å²) in [5.41, 5.74) is 0.0521. The number of oxazole rings is 1. The number of anilines is 1. The fourth-order valence-electron chi connectivity index (χ4n) is 1.96. The lowest BCUT2D eigenvalue weighted by atomic mass is 10.3. The highest BCUT2D eigenvalue weighted by atomic mass is 19.1. The van der Waals surface area contributed by atoms with Crippen LogP contribution in [0.5, 0.6) is 0 Å². The van der Waals surface area contributed by atoms with Crippen molar-refractivity contribution in [1.29, 1.82) is 0 Å². The number of amides is 2. The van der Waals surface area contributed by atoms with Gasteiger partial charge in [0.25, 0.3) is 0 Å². The van der Waals surface area contributed by atoms with Gasteiger partial charge in [0, 0.05) is 13.7 Å². The number of nitrogens with one attached hydrogen (secondary N) is 1. The Balaban J connectivity index is 2.09. The molecule has 8 nitrogen and oxygen atoms in total. The molecule has 134 valence electrons. The molecule has 1 N–H and O–H groups in total. The number of hydrogen-bond donors (Lipinski definition) is 1. The van der Waals surface area contributed by atoms with Gasteiger partial charge in [0.1, 0.15) is 12.1 Å². The van der Waals surface area contributed by atoms with Crippen molar-refractivity contribution in [2.75, 3.05) is 32.7 Å². The molecule has 1 heterocycles. The highest BCUT2D eigenvalue weighted by molar-refractivity contribution is 5.89. The van der Waals surface area contributed by atoms with Crippen molar-refractivity contribution in [2.24, 2.45) is 0 Å². The molecule has 2 aromatic rings. The first-order chi connectivity index (χ1) is 12.0. The van der Waals surface area contributed by atoms with E-state index in [-0.39, 0.29) is 37.0 Å². The quantitative estimate of drug-likeness (QED) is 0.769. The molecule has 0 atom stereocenters. The van der Waals surface area contributed by atoms with Gasteiger partial charge in [-0.1, -0.05) is 12.1 Å². The van der Waals surface area contributed by atoms with Gasteiger partial charge in [0.2, 0.25) is 5.89 Å². The van der Waals surface area contributed by atoms with Crippen molar-refractivity contribution in [3.8, 4) is 0 Å². The maximum Gasteiger partial charge on any atom is 0.360 e. The first-order valence-corrected chi connectivity index (χ1v) is 7.37. The Morgan fingerprint density at radius 2 is 2.08 bits per heavy atom. The minimum atomic E-state index is -0.644. The Kier molecular flexibility index (Phi) is 6.47. The Bertz CT molecular complexity index is 734. The van der Waals surface area contributed by atoms with Crippen LogP contribution in [0.1, 0.15) is 16.4 Å². The summed E-state index contributed by atoms with van der Waals surface area (Å²) in [7, 11) is 2.72. The summed E-state index contributed by atoms with van der Waals surface area (Å²) in [4.78, 5) is 29.1. The van der Waals surface area contributed by atoms with Crippen molar-refractivity contribution in [1.82, 2.24) is 9.88 Å². The van der Waals surface area contributed by atoms with Crippen molar-refractivity contribution in [3.05, 3.63) is 47.9 Å². The Hall–Kier alpha value is -2.94. The number of methoxy groups -OCH3 is 2. The third kappa shape index (κ3) is 5.01. The lowest BCUT2D eigenvalue weighted by Gasteiger charge is -2.21. The second kappa shape index (κ2) is 8.78. The Morgan fingerprint density at radius 3 is 2.76 bits per heavy atom. The van der Waals surface area contributed by atoms with Crippen molar-refractivity contribution >= 4 is 17.7 Å². The summed E-state index contributed by atoms with van der Waals surface area (Å²) in [6, 6.07) is 5.26. The number of urea groups is 1. The predicted molar refractivity (Wildman–Crippen MR) is 85.5 cm³/mol. The monoisotopic (exact) mass is 351 g/mol. The molecular weight excluding hydrogens is 333 g/mol. The van der Waals surface area contributed by atoms with Gasteiger partial charge in [0.15, 0.2) is 5.69 Å². The Labute approximate surface area is 143 Å². The zero-order chi connectivity index (χ0) is 18.2. The number of hydrogen-bond acceptors (Lipinski definition) is 6. The molecule has 0 aliphatic heterocycles. The molecule has 1 aromatic carbocycles. The van der Waals surface area contributed by atoms with E-state index in [0.29, 0.717) is 0 Å². The second-order valence-electron chi connectivity index (χ2n) is 4.94. The zero-order valence-electron chi connectivity index (χ0n) is 13.8. The fourth-order valence-corrected chi connectivity index (χ4v) is 1.96. The van der Waals surface area contributed by atoms with Crippen molar-refractivity contribution in [2.45, 2.75) is 6.54 Å². The summed E-state index contributed by atoms with van der Waals surface area (Å²) in [5, 5.41) is 2.48. The van der Waals surface area contributed by atoms with Gasteiger partial charge in [-0.2, -0.15) is 0 Å². The van der Waals surface area contributed by atoms with Gasteiger partial charge in [-0.3, -0.25) is 0 Å². The van der Waals surface area contributed by atoms with Crippen LogP contribution in [0, 0.1) is 5.82 Å². The molecule has 0 aliphatic carbocycles. The van der Waals surface area contributed by atoms with Gasteiger partial charge < -0.3 is 24.1 Å². The molecule has 2 rings (SSSR count). The minimum Gasteiger partial charge on any atom is -0.464 e. The predicted octanol–water partition coefficient (Wildman–Crippen LogP) is 2.28. The van der Waals surface area contributed by atoms with E-state index in [4.69, 9.17) is 9.15 Å². The molecule has 0 bridgehead atoms. The summed E-state index contributed by atoms with van der Waals surface area (Å²) in [6.45, 7) is 0.447. The standard InChI is InChI=1S/C16H18FN3O5/c1-23-8-7-20(9-14-18-13(10-25-14)15(21)24-2)16(22)19-12-6-4-3-5-11(12)17/h3-6,10H,7-9H2,1-2H3,(H,19,22). The number of carbonyl (C=O) groups is 2. The van der Waals surface area contributed by atoms with E-state index in [0.717, 1.165) is 6.26 Å². The van der Waals surface area contributed by atoms with Gasteiger partial charge in [0.05, 0.1) is 25.9 Å². The van der Waals surface area contributed by atoms with Gasteiger partial charge in [-0.05, 0) is 12.1 Å². The van der Waals surface area contributed by atoms with Crippen LogP contribution in [-0.2, 0) is 16.0 Å².